The Morgan fingerprint density at radius 1 is 0.514 bits per heavy atom. The molecule has 193 valence electrons. The minimum atomic E-state index is -0.666. The van der Waals surface area contributed by atoms with Crippen molar-refractivity contribution in [3.8, 4) is 0 Å². The van der Waals surface area contributed by atoms with Gasteiger partial charge in [-0.2, -0.15) is 0 Å². The van der Waals surface area contributed by atoms with Gasteiger partial charge in [-0.1, -0.05) is 24.3 Å². The van der Waals surface area contributed by atoms with E-state index in [-0.39, 0.29) is 50.8 Å². The first-order valence-corrected chi connectivity index (χ1v) is 9.79. The molecule has 1 radical (unpaired) electrons. The first kappa shape index (κ1) is 32.3. The summed E-state index contributed by atoms with van der Waals surface area (Å²) in [6, 6.07) is 19.3. The van der Waals surface area contributed by atoms with Gasteiger partial charge >= 0.3 is 17.1 Å². The van der Waals surface area contributed by atoms with Crippen molar-refractivity contribution >= 4 is 23.6 Å². The third-order valence-corrected chi connectivity index (χ3v) is 3.94. The average molecular weight is 552 g/mol. The van der Waals surface area contributed by atoms with Crippen LogP contribution >= 0.6 is 0 Å². The summed E-state index contributed by atoms with van der Waals surface area (Å²) in [5.74, 6) is -2.66. The van der Waals surface area contributed by atoms with Gasteiger partial charge in [-0.25, -0.2) is 9.98 Å². The van der Waals surface area contributed by atoms with Gasteiger partial charge in [-0.3, -0.25) is 29.5 Å². The van der Waals surface area contributed by atoms with E-state index >= 15 is 0 Å². The number of hydrogen-bond donors (Lipinski definition) is 0. The smallest absolute Gasteiger partial charge is 0.857 e. The van der Waals surface area contributed by atoms with E-state index in [2.05, 4.69) is 29.9 Å². The third-order valence-electron chi connectivity index (χ3n) is 3.94. The molecule has 0 fully saturated rings. The van der Waals surface area contributed by atoms with Crippen molar-refractivity contribution in [1.29, 1.82) is 0 Å². The van der Waals surface area contributed by atoms with E-state index in [1.807, 2.05) is 0 Å². The van der Waals surface area contributed by atoms with Crippen molar-refractivity contribution in [2.75, 3.05) is 0 Å². The van der Waals surface area contributed by atoms with E-state index in [1.165, 1.54) is 49.1 Å². The van der Waals surface area contributed by atoms with Crippen LogP contribution in [0.1, 0.15) is 32.4 Å². The van der Waals surface area contributed by atoms with Gasteiger partial charge in [-0.15, -0.1) is 0 Å². The third kappa shape index (κ3) is 10.2. The summed E-state index contributed by atoms with van der Waals surface area (Å²) in [7, 11) is 0. The molecule has 0 aliphatic heterocycles. The molecule has 0 unspecified atom stereocenters. The topological polar surface area (TPSA) is 220 Å². The van der Waals surface area contributed by atoms with Crippen molar-refractivity contribution in [1.82, 2.24) is 19.9 Å². The largest absolute Gasteiger partial charge is 2.00 e. The van der Waals surface area contributed by atoms with Crippen LogP contribution in [0.15, 0.2) is 108 Å². The van der Waals surface area contributed by atoms with Crippen molar-refractivity contribution in [3.05, 3.63) is 120 Å². The van der Waals surface area contributed by atoms with Gasteiger partial charge in [-0.05, 0) is 48.5 Å². The summed E-state index contributed by atoms with van der Waals surface area (Å²) in [4.78, 5) is 45.2. The first-order chi connectivity index (χ1) is 16.5. The van der Waals surface area contributed by atoms with Crippen molar-refractivity contribution in [2.24, 2.45) is 9.98 Å². The molecule has 13 heteroatoms. The van der Waals surface area contributed by atoms with Gasteiger partial charge in [0.15, 0.2) is 0 Å². The number of aliphatic imine (C=N–C) groups is 2. The summed E-state index contributed by atoms with van der Waals surface area (Å²) in [6.07, 6.45) is 5.87. The molecular formula is C24H20CuN6O6. The van der Waals surface area contributed by atoms with Gasteiger partial charge < -0.3 is 21.2 Å². The van der Waals surface area contributed by atoms with Crippen LogP contribution in [0.3, 0.4) is 0 Å². The van der Waals surface area contributed by atoms with E-state index in [1.54, 1.807) is 48.5 Å². The Morgan fingerprint density at radius 2 is 0.784 bits per heavy atom. The van der Waals surface area contributed by atoms with Crippen LogP contribution in [-0.2, 0) is 17.1 Å². The first-order valence-electron chi connectivity index (χ1n) is 9.79. The summed E-state index contributed by atoms with van der Waals surface area (Å²) >= 11 is 0. The number of nitrogens with zero attached hydrogens (tertiary/aromatic N) is 6. The van der Waals surface area contributed by atoms with Crippen LogP contribution < -0.4 is 10.2 Å². The molecule has 4 aromatic heterocycles. The van der Waals surface area contributed by atoms with E-state index in [4.69, 9.17) is 0 Å². The second-order valence-corrected chi connectivity index (χ2v) is 6.30. The maximum atomic E-state index is 11.6. The monoisotopic (exact) mass is 551 g/mol. The molecule has 0 bridgehead atoms. The molecule has 0 aliphatic carbocycles. The van der Waals surface area contributed by atoms with Crippen LogP contribution in [0.25, 0.3) is 0 Å². The molecule has 4 aromatic rings. The van der Waals surface area contributed by atoms with Crippen molar-refractivity contribution in [2.45, 2.75) is 0 Å². The molecule has 0 aliphatic rings. The Hall–Kier alpha value is -4.68. The van der Waals surface area contributed by atoms with E-state index in [9.17, 15) is 19.8 Å². The Bertz CT molecular complexity index is 1190. The fraction of sp³-hybridized carbons (Fsp3) is 0. The van der Waals surface area contributed by atoms with E-state index in [0.717, 1.165) is 0 Å². The fourth-order valence-electron chi connectivity index (χ4n) is 2.37. The van der Waals surface area contributed by atoms with Gasteiger partial charge in [0, 0.05) is 36.6 Å². The summed E-state index contributed by atoms with van der Waals surface area (Å²) in [5.41, 5.74) is 0.544. The number of amides is 2. The van der Waals surface area contributed by atoms with Gasteiger partial charge in [0.2, 0.25) is 0 Å². The zero-order valence-corrected chi connectivity index (χ0v) is 19.8. The van der Waals surface area contributed by atoms with Crippen LogP contribution in [0.2, 0.25) is 0 Å². The molecule has 0 atom stereocenters. The maximum Gasteiger partial charge on any atom is 2.00 e. The van der Waals surface area contributed by atoms with E-state index < -0.39 is 23.6 Å². The molecule has 0 aromatic carbocycles. The minimum Gasteiger partial charge on any atom is -0.857 e. The molecule has 0 saturated carbocycles. The molecule has 0 spiro atoms. The second kappa shape index (κ2) is 16.9. The fourth-order valence-corrected chi connectivity index (χ4v) is 2.37. The summed E-state index contributed by atoms with van der Waals surface area (Å²) in [5, 5.41) is 23.1. The number of aromatic nitrogens is 4. The number of hydrogen-bond acceptors (Lipinski definition) is 8. The standard InChI is InChI=1S/2C12H9N3O2.Cu.2H2O/c2*16-11(9-5-1-3-7-13-9)15-12(17)10-6-2-4-8-14-10;;;/h2*1-8H,(H,15,16,17);;2*1H2/q;;+2;;/p-2. The average Bonchev–Trinajstić information content (AvgIpc) is 2.91. The molecule has 4 N–H and O–H groups in total. The normalized spacial score (nSPS) is 10.3. The minimum absolute atomic E-state index is 0. The maximum absolute atomic E-state index is 11.6. The SMILES string of the molecule is O.O.O=C(N=C([O-])c1ccccn1)c1ccccn1.O=C(N=C([O-])c1ccccn1)c1ccccn1.[Cu+2]. The molecule has 4 heterocycles. The molecule has 4 rings (SSSR count). The molecule has 12 nitrogen and oxygen atoms in total. The van der Waals surface area contributed by atoms with E-state index in [0.29, 0.717) is 0 Å². The van der Waals surface area contributed by atoms with Gasteiger partial charge in [0.05, 0.1) is 11.4 Å². The second-order valence-electron chi connectivity index (χ2n) is 6.30. The Morgan fingerprint density at radius 3 is 1.03 bits per heavy atom. The predicted octanol–water partition coefficient (Wildman–Crippen LogP) is -0.804. The number of carbonyl (C=O) groups excluding carboxylic acids is 2. The zero-order valence-electron chi connectivity index (χ0n) is 18.9. The number of carbonyl (C=O) groups is 2. The zero-order chi connectivity index (χ0) is 24.2. The summed E-state index contributed by atoms with van der Waals surface area (Å²) < 4.78 is 0. The van der Waals surface area contributed by atoms with Crippen LogP contribution in [0, 0.1) is 0 Å². The molecule has 2 amide bonds. The Balaban J connectivity index is 0.000000648. The molecule has 0 saturated heterocycles. The molecular weight excluding hydrogens is 532 g/mol. The van der Waals surface area contributed by atoms with Crippen molar-refractivity contribution < 1.29 is 47.8 Å². The number of rotatable bonds is 4. The molecule has 37 heavy (non-hydrogen) atoms. The summed E-state index contributed by atoms with van der Waals surface area (Å²) in [6.45, 7) is 0. The van der Waals surface area contributed by atoms with Crippen LogP contribution in [0.4, 0.5) is 0 Å². The number of pyridine rings is 4. The van der Waals surface area contributed by atoms with Crippen LogP contribution in [0.5, 0.6) is 0 Å². The Labute approximate surface area is 221 Å². The van der Waals surface area contributed by atoms with Gasteiger partial charge in [0.1, 0.15) is 11.4 Å². The quantitative estimate of drug-likeness (QED) is 0.177. The van der Waals surface area contributed by atoms with Crippen LogP contribution in [-0.4, -0.2) is 54.5 Å². The van der Waals surface area contributed by atoms with Crippen molar-refractivity contribution in [3.63, 3.8) is 0 Å². The van der Waals surface area contributed by atoms with Gasteiger partial charge in [0.25, 0.3) is 11.8 Å². The Kier molecular flexibility index (Phi) is 14.7. The predicted molar refractivity (Wildman–Crippen MR) is 126 cm³/mol.